The van der Waals surface area contributed by atoms with Crippen LogP contribution in [0.1, 0.15) is 25.0 Å². The van der Waals surface area contributed by atoms with Crippen LogP contribution in [0.3, 0.4) is 0 Å². The summed E-state index contributed by atoms with van der Waals surface area (Å²) in [5.41, 5.74) is 2.77. The highest BCUT2D eigenvalue weighted by Crippen LogP contribution is 2.26. The molecule has 0 heterocycles. The minimum absolute atomic E-state index is 0.112. The molecule has 1 amide bonds. The molecule has 1 aliphatic rings. The van der Waals surface area contributed by atoms with Crippen LogP contribution >= 0.6 is 15.9 Å². The van der Waals surface area contributed by atoms with Gasteiger partial charge in [-0.25, -0.2) is 0 Å². The third kappa shape index (κ3) is 3.14. The average Bonchev–Trinajstić information content (AvgIpc) is 2.80. The molecule has 0 fully saturated rings. The summed E-state index contributed by atoms with van der Waals surface area (Å²) < 4.78 is 0. The summed E-state index contributed by atoms with van der Waals surface area (Å²) in [6.07, 6.45) is 1.77. The van der Waals surface area contributed by atoms with E-state index in [1.54, 1.807) is 0 Å². The normalized spacial score (nSPS) is 15.5. The highest BCUT2D eigenvalue weighted by atomic mass is 79.9. The zero-order valence-electron chi connectivity index (χ0n) is 11.0. The van der Waals surface area contributed by atoms with Gasteiger partial charge in [-0.1, -0.05) is 54.0 Å². The first kappa shape index (κ1) is 13.6. The Morgan fingerprint density at radius 2 is 1.89 bits per heavy atom. The van der Waals surface area contributed by atoms with E-state index in [0.29, 0.717) is 0 Å². The fourth-order valence-corrected chi connectivity index (χ4v) is 2.46. The molecule has 2 nitrogen and oxygen atoms in total. The van der Waals surface area contributed by atoms with Crippen molar-refractivity contribution in [1.29, 1.82) is 0 Å². The van der Waals surface area contributed by atoms with E-state index in [1.165, 1.54) is 11.1 Å². The predicted molar refractivity (Wildman–Crippen MR) is 77.9 cm³/mol. The van der Waals surface area contributed by atoms with E-state index in [4.69, 9.17) is 0 Å². The van der Waals surface area contributed by atoms with E-state index in [-0.39, 0.29) is 17.2 Å². The number of nitrogens with one attached hydrogen (secondary N) is 1. The number of halogens is 1. The van der Waals surface area contributed by atoms with E-state index in [2.05, 4.69) is 47.2 Å². The maximum Gasteiger partial charge on any atom is 0.223 e. The van der Waals surface area contributed by atoms with Gasteiger partial charge in [0.25, 0.3) is 0 Å². The van der Waals surface area contributed by atoms with Gasteiger partial charge in [0.1, 0.15) is 0 Å². The first-order valence-electron chi connectivity index (χ1n) is 6.42. The van der Waals surface area contributed by atoms with Crippen LogP contribution in [0.4, 0.5) is 0 Å². The number of amides is 1. The lowest BCUT2D eigenvalue weighted by molar-refractivity contribution is -0.125. The Bertz CT molecular complexity index is 417. The monoisotopic (exact) mass is 309 g/mol. The van der Waals surface area contributed by atoms with Gasteiger partial charge in [0, 0.05) is 17.8 Å². The van der Waals surface area contributed by atoms with E-state index in [0.717, 1.165) is 24.7 Å². The second-order valence-corrected chi connectivity index (χ2v) is 6.45. The molecule has 2 rings (SSSR count). The first-order valence-corrected chi connectivity index (χ1v) is 7.54. The molecule has 0 radical (unpaired) electrons. The second kappa shape index (κ2) is 5.43. The van der Waals surface area contributed by atoms with Crippen molar-refractivity contribution in [2.24, 2.45) is 11.3 Å². The van der Waals surface area contributed by atoms with Crippen LogP contribution in [0.2, 0.25) is 0 Å². The van der Waals surface area contributed by atoms with Gasteiger partial charge in [0.05, 0.1) is 0 Å². The predicted octanol–water partition coefficient (Wildman–Crippen LogP) is 2.94. The Morgan fingerprint density at radius 3 is 2.39 bits per heavy atom. The van der Waals surface area contributed by atoms with Gasteiger partial charge in [0.15, 0.2) is 0 Å². The molecule has 3 heteroatoms. The average molecular weight is 310 g/mol. The second-order valence-electron chi connectivity index (χ2n) is 5.89. The molecule has 0 bridgehead atoms. The Kier molecular flexibility index (Phi) is 4.10. The number of hydrogen-bond acceptors (Lipinski definition) is 1. The summed E-state index contributed by atoms with van der Waals surface area (Å²) in [6.45, 7) is 5.01. The zero-order chi connectivity index (χ0) is 13.2. The smallest absolute Gasteiger partial charge is 0.223 e. The third-order valence-corrected chi connectivity index (χ3v) is 5.04. The van der Waals surface area contributed by atoms with Gasteiger partial charge < -0.3 is 5.32 Å². The van der Waals surface area contributed by atoms with Gasteiger partial charge in [-0.2, -0.15) is 0 Å². The quantitative estimate of drug-likeness (QED) is 0.851. The van der Waals surface area contributed by atoms with Gasteiger partial charge in [-0.3, -0.25) is 4.79 Å². The van der Waals surface area contributed by atoms with Crippen molar-refractivity contribution in [3.63, 3.8) is 0 Å². The third-order valence-electron chi connectivity index (χ3n) is 3.52. The van der Waals surface area contributed by atoms with Crippen LogP contribution in [-0.2, 0) is 17.6 Å². The Morgan fingerprint density at radius 1 is 1.33 bits per heavy atom. The van der Waals surface area contributed by atoms with Crippen LogP contribution in [-0.4, -0.2) is 17.8 Å². The Hall–Kier alpha value is -0.830. The summed E-state index contributed by atoms with van der Waals surface area (Å²) in [7, 11) is 0. The van der Waals surface area contributed by atoms with Gasteiger partial charge in [-0.15, -0.1) is 0 Å². The van der Waals surface area contributed by atoms with Crippen LogP contribution in [0.5, 0.6) is 0 Å². The number of benzene rings is 1. The molecule has 0 atom stereocenters. The molecular formula is C15H20BrNO. The summed E-state index contributed by atoms with van der Waals surface area (Å²) in [6, 6.07) is 8.36. The van der Waals surface area contributed by atoms with E-state index >= 15 is 0 Å². The maximum atomic E-state index is 12.2. The molecule has 18 heavy (non-hydrogen) atoms. The van der Waals surface area contributed by atoms with Gasteiger partial charge >= 0.3 is 0 Å². The van der Waals surface area contributed by atoms with Crippen LogP contribution < -0.4 is 5.32 Å². The van der Waals surface area contributed by atoms with Crippen molar-refractivity contribution < 1.29 is 4.79 Å². The number of fused-ring (bicyclic) bond motifs is 1. The molecule has 1 aromatic rings. The summed E-state index contributed by atoms with van der Waals surface area (Å²) in [5, 5.41) is 3.98. The van der Waals surface area contributed by atoms with Crippen molar-refractivity contribution in [2.75, 3.05) is 11.9 Å². The lowest BCUT2D eigenvalue weighted by Crippen LogP contribution is -2.38. The molecule has 1 aliphatic carbocycles. The molecule has 1 aromatic carbocycles. The number of rotatable bonds is 4. The molecule has 0 aliphatic heterocycles. The Labute approximate surface area is 117 Å². The van der Waals surface area contributed by atoms with Crippen LogP contribution in [0, 0.1) is 11.3 Å². The van der Waals surface area contributed by atoms with Crippen LogP contribution in [0.15, 0.2) is 24.3 Å². The highest BCUT2D eigenvalue weighted by molar-refractivity contribution is 9.09. The van der Waals surface area contributed by atoms with E-state index in [9.17, 15) is 4.79 Å². The molecule has 0 spiro atoms. The SMILES string of the molecule is CC(C)(CBr)CNC(=O)C1Cc2ccccc2C1. The van der Waals surface area contributed by atoms with Crippen molar-refractivity contribution in [3.05, 3.63) is 35.4 Å². The van der Waals surface area contributed by atoms with E-state index < -0.39 is 0 Å². The van der Waals surface area contributed by atoms with Crippen molar-refractivity contribution >= 4 is 21.8 Å². The molecular weight excluding hydrogens is 290 g/mol. The van der Waals surface area contributed by atoms with Crippen LogP contribution in [0.25, 0.3) is 0 Å². The highest BCUT2D eigenvalue weighted by Gasteiger charge is 2.28. The standard InChI is InChI=1S/C15H20BrNO/c1-15(2,9-16)10-17-14(18)13-7-11-5-3-4-6-12(11)8-13/h3-6,13H,7-10H2,1-2H3,(H,17,18). The number of carbonyl (C=O) groups excluding carboxylic acids is 1. The topological polar surface area (TPSA) is 29.1 Å². The van der Waals surface area contributed by atoms with Crippen molar-refractivity contribution in [1.82, 2.24) is 5.32 Å². The maximum absolute atomic E-state index is 12.2. The fraction of sp³-hybridized carbons (Fsp3) is 0.533. The molecule has 0 saturated heterocycles. The molecule has 98 valence electrons. The van der Waals surface area contributed by atoms with Crippen molar-refractivity contribution in [3.8, 4) is 0 Å². The first-order chi connectivity index (χ1) is 8.52. The number of carbonyl (C=O) groups is 1. The summed E-state index contributed by atoms with van der Waals surface area (Å²) >= 11 is 3.48. The number of alkyl halides is 1. The van der Waals surface area contributed by atoms with Gasteiger partial charge in [0.2, 0.25) is 5.91 Å². The lowest BCUT2D eigenvalue weighted by Gasteiger charge is -2.23. The number of hydrogen-bond donors (Lipinski definition) is 1. The largest absolute Gasteiger partial charge is 0.355 e. The Balaban J connectivity index is 1.90. The lowest BCUT2D eigenvalue weighted by atomic mass is 9.96. The molecule has 1 N–H and O–H groups in total. The van der Waals surface area contributed by atoms with Crippen molar-refractivity contribution in [2.45, 2.75) is 26.7 Å². The molecule has 0 aromatic heterocycles. The fourth-order valence-electron chi connectivity index (χ4n) is 2.26. The zero-order valence-corrected chi connectivity index (χ0v) is 12.6. The minimum atomic E-state index is 0.112. The molecule has 0 saturated carbocycles. The summed E-state index contributed by atoms with van der Waals surface area (Å²) in [5.74, 6) is 0.314. The van der Waals surface area contributed by atoms with E-state index in [1.807, 2.05) is 12.1 Å². The minimum Gasteiger partial charge on any atom is -0.355 e. The molecule has 0 unspecified atom stereocenters. The summed E-state index contributed by atoms with van der Waals surface area (Å²) in [4.78, 5) is 12.2. The van der Waals surface area contributed by atoms with Gasteiger partial charge in [-0.05, 0) is 29.4 Å².